The molecular weight excluding hydrogens is 317 g/mol. The summed E-state index contributed by atoms with van der Waals surface area (Å²) in [5.41, 5.74) is 0.318. The highest BCUT2D eigenvalue weighted by molar-refractivity contribution is 5.89. The summed E-state index contributed by atoms with van der Waals surface area (Å²) >= 11 is 0. The lowest BCUT2D eigenvalue weighted by Gasteiger charge is -2.46. The van der Waals surface area contributed by atoms with Crippen molar-refractivity contribution >= 4 is 5.91 Å². The maximum absolute atomic E-state index is 13.7. The molecule has 2 aromatic rings. The van der Waals surface area contributed by atoms with E-state index in [2.05, 4.69) is 9.55 Å². The number of nitrogens with zero attached hydrogens (tertiary/aromatic N) is 3. The molecule has 1 atom stereocenters. The Balaban J connectivity index is 1.58. The highest BCUT2D eigenvalue weighted by Gasteiger charge is 2.48. The number of rotatable bonds is 3. The number of carbonyl (C=O) groups excluding carboxylic acids is 1. The van der Waals surface area contributed by atoms with Gasteiger partial charge in [-0.1, -0.05) is 18.6 Å². The molecule has 1 unspecified atom stereocenters. The van der Waals surface area contributed by atoms with Gasteiger partial charge in [0.05, 0.1) is 11.5 Å². The Morgan fingerprint density at radius 1 is 1.32 bits per heavy atom. The molecule has 4 rings (SSSR count). The van der Waals surface area contributed by atoms with Gasteiger partial charge in [-0.25, -0.2) is 9.37 Å². The molecule has 132 valence electrons. The first-order chi connectivity index (χ1) is 12.1. The number of carbonyl (C=O) groups is 1. The standard InChI is InChI=1S/C20H24FN3O/c1-15-22-10-12-24(15)18-7-3-11-23(14-18)19(25)20(8-4-9-20)16-5-2-6-17(21)13-16/h2,5-6,10,12-13,18H,3-4,7-9,11,14H2,1H3. The molecule has 1 saturated carbocycles. The van der Waals surface area contributed by atoms with Crippen molar-refractivity contribution in [2.75, 3.05) is 13.1 Å². The molecular formula is C20H24FN3O. The van der Waals surface area contributed by atoms with Crippen LogP contribution in [0.1, 0.15) is 49.5 Å². The minimum Gasteiger partial charge on any atom is -0.340 e. The van der Waals surface area contributed by atoms with Crippen LogP contribution in [0.15, 0.2) is 36.7 Å². The van der Waals surface area contributed by atoms with E-state index >= 15 is 0 Å². The van der Waals surface area contributed by atoms with Gasteiger partial charge in [0.1, 0.15) is 11.6 Å². The molecule has 4 nitrogen and oxygen atoms in total. The smallest absolute Gasteiger partial charge is 0.233 e. The molecule has 1 aliphatic heterocycles. The number of aromatic nitrogens is 2. The Morgan fingerprint density at radius 3 is 2.80 bits per heavy atom. The SMILES string of the molecule is Cc1nccn1C1CCCN(C(=O)C2(c3cccc(F)c3)CCC2)C1. The van der Waals surface area contributed by atoms with E-state index < -0.39 is 5.41 Å². The van der Waals surface area contributed by atoms with Crippen molar-refractivity contribution in [2.24, 2.45) is 0 Å². The van der Waals surface area contributed by atoms with Gasteiger partial charge in [0.2, 0.25) is 5.91 Å². The van der Waals surface area contributed by atoms with Crippen LogP contribution in [0.4, 0.5) is 4.39 Å². The zero-order valence-electron chi connectivity index (χ0n) is 14.6. The van der Waals surface area contributed by atoms with Crippen molar-refractivity contribution in [1.82, 2.24) is 14.5 Å². The number of hydrogen-bond acceptors (Lipinski definition) is 2. The van der Waals surface area contributed by atoms with Crippen LogP contribution in [-0.4, -0.2) is 33.4 Å². The lowest BCUT2D eigenvalue weighted by Crippen LogP contribution is -2.53. The predicted molar refractivity (Wildman–Crippen MR) is 93.7 cm³/mol. The fourth-order valence-corrected chi connectivity index (χ4v) is 4.38. The van der Waals surface area contributed by atoms with Crippen molar-refractivity contribution in [2.45, 2.75) is 50.5 Å². The largest absolute Gasteiger partial charge is 0.340 e. The lowest BCUT2D eigenvalue weighted by molar-refractivity contribution is -0.142. The van der Waals surface area contributed by atoms with E-state index in [1.807, 2.05) is 30.3 Å². The van der Waals surface area contributed by atoms with Crippen molar-refractivity contribution < 1.29 is 9.18 Å². The summed E-state index contributed by atoms with van der Waals surface area (Å²) < 4.78 is 15.9. The van der Waals surface area contributed by atoms with Crippen LogP contribution in [-0.2, 0) is 10.2 Å². The Morgan fingerprint density at radius 2 is 2.16 bits per heavy atom. The average molecular weight is 341 g/mol. The minimum absolute atomic E-state index is 0.173. The van der Waals surface area contributed by atoms with Gasteiger partial charge >= 0.3 is 0 Å². The van der Waals surface area contributed by atoms with Crippen molar-refractivity contribution in [3.05, 3.63) is 53.9 Å². The molecule has 0 radical (unpaired) electrons. The normalized spacial score (nSPS) is 22.5. The molecule has 0 N–H and O–H groups in total. The topological polar surface area (TPSA) is 38.1 Å². The average Bonchev–Trinajstić information content (AvgIpc) is 3.00. The Kier molecular flexibility index (Phi) is 4.10. The van der Waals surface area contributed by atoms with Gasteiger partial charge in [-0.15, -0.1) is 0 Å². The first kappa shape index (κ1) is 16.3. The van der Waals surface area contributed by atoms with E-state index in [1.54, 1.807) is 12.1 Å². The number of piperidine rings is 1. The quantitative estimate of drug-likeness (QED) is 0.855. The lowest BCUT2D eigenvalue weighted by atomic mass is 9.63. The maximum atomic E-state index is 13.7. The van der Waals surface area contributed by atoms with Gasteiger partial charge in [-0.3, -0.25) is 4.79 Å². The summed E-state index contributed by atoms with van der Waals surface area (Å²) in [5.74, 6) is 0.900. The summed E-state index contributed by atoms with van der Waals surface area (Å²) in [6.45, 7) is 3.51. The maximum Gasteiger partial charge on any atom is 0.233 e. The zero-order valence-corrected chi connectivity index (χ0v) is 14.6. The van der Waals surface area contributed by atoms with Gasteiger partial charge in [0, 0.05) is 25.5 Å². The van der Waals surface area contributed by atoms with Gasteiger partial charge < -0.3 is 9.47 Å². The molecule has 2 fully saturated rings. The van der Waals surface area contributed by atoms with Gasteiger partial charge in [-0.2, -0.15) is 0 Å². The third-order valence-electron chi connectivity index (χ3n) is 5.93. The molecule has 1 amide bonds. The molecule has 1 saturated heterocycles. The Hall–Kier alpha value is -2.17. The molecule has 5 heteroatoms. The number of likely N-dealkylation sites (tertiary alicyclic amines) is 1. The summed E-state index contributed by atoms with van der Waals surface area (Å²) in [4.78, 5) is 19.7. The number of halogens is 1. The Bertz CT molecular complexity index is 781. The van der Waals surface area contributed by atoms with Crippen LogP contribution in [0.25, 0.3) is 0 Å². The van der Waals surface area contributed by atoms with E-state index in [-0.39, 0.29) is 17.8 Å². The molecule has 2 heterocycles. The van der Waals surface area contributed by atoms with Crippen molar-refractivity contribution in [3.8, 4) is 0 Å². The van der Waals surface area contributed by atoms with Crippen LogP contribution in [0.3, 0.4) is 0 Å². The first-order valence-corrected chi connectivity index (χ1v) is 9.15. The second-order valence-corrected chi connectivity index (χ2v) is 7.37. The molecule has 0 spiro atoms. The molecule has 2 aliphatic rings. The molecule has 0 bridgehead atoms. The van der Waals surface area contributed by atoms with E-state index in [0.29, 0.717) is 6.54 Å². The number of benzene rings is 1. The highest BCUT2D eigenvalue weighted by atomic mass is 19.1. The number of amides is 1. The molecule has 25 heavy (non-hydrogen) atoms. The third kappa shape index (κ3) is 2.75. The monoisotopic (exact) mass is 341 g/mol. The van der Waals surface area contributed by atoms with E-state index in [1.165, 1.54) is 6.07 Å². The number of hydrogen-bond donors (Lipinski definition) is 0. The highest BCUT2D eigenvalue weighted by Crippen LogP contribution is 2.46. The molecule has 1 aromatic heterocycles. The predicted octanol–water partition coefficient (Wildman–Crippen LogP) is 3.62. The fraction of sp³-hybridized carbons (Fsp3) is 0.500. The second kappa shape index (κ2) is 6.28. The Labute approximate surface area is 147 Å². The third-order valence-corrected chi connectivity index (χ3v) is 5.93. The van der Waals surface area contributed by atoms with Crippen LogP contribution < -0.4 is 0 Å². The fourth-order valence-electron chi connectivity index (χ4n) is 4.38. The molecule has 1 aromatic carbocycles. The minimum atomic E-state index is -0.520. The van der Waals surface area contributed by atoms with Crippen LogP contribution in [0, 0.1) is 12.7 Å². The van der Waals surface area contributed by atoms with Crippen molar-refractivity contribution in [1.29, 1.82) is 0 Å². The zero-order chi connectivity index (χ0) is 17.4. The number of aryl methyl sites for hydroxylation is 1. The van der Waals surface area contributed by atoms with Crippen LogP contribution >= 0.6 is 0 Å². The van der Waals surface area contributed by atoms with Gasteiger partial charge in [0.15, 0.2) is 0 Å². The van der Waals surface area contributed by atoms with Gasteiger partial charge in [0.25, 0.3) is 0 Å². The van der Waals surface area contributed by atoms with Crippen LogP contribution in [0.5, 0.6) is 0 Å². The summed E-state index contributed by atoms with van der Waals surface area (Å²) in [7, 11) is 0. The van der Waals surface area contributed by atoms with E-state index in [4.69, 9.17) is 0 Å². The first-order valence-electron chi connectivity index (χ1n) is 9.15. The van der Waals surface area contributed by atoms with E-state index in [9.17, 15) is 9.18 Å². The van der Waals surface area contributed by atoms with Crippen LogP contribution in [0.2, 0.25) is 0 Å². The molecule has 1 aliphatic carbocycles. The number of imidazole rings is 1. The van der Waals surface area contributed by atoms with E-state index in [0.717, 1.165) is 50.0 Å². The van der Waals surface area contributed by atoms with Crippen molar-refractivity contribution in [3.63, 3.8) is 0 Å². The second-order valence-electron chi connectivity index (χ2n) is 7.37. The summed E-state index contributed by atoms with van der Waals surface area (Å²) in [5, 5.41) is 0. The van der Waals surface area contributed by atoms with Gasteiger partial charge in [-0.05, 0) is 50.3 Å². The summed E-state index contributed by atoms with van der Waals surface area (Å²) in [6, 6.07) is 6.88. The summed E-state index contributed by atoms with van der Waals surface area (Å²) in [6.07, 6.45) is 8.54.